The predicted molar refractivity (Wildman–Crippen MR) is 143 cm³/mol. The van der Waals surface area contributed by atoms with Gasteiger partial charge in [-0.1, -0.05) is 47.2 Å². The highest BCUT2D eigenvalue weighted by atomic mass is 35.5. The fourth-order valence-electron chi connectivity index (χ4n) is 3.89. The lowest BCUT2D eigenvalue weighted by atomic mass is 9.96. The lowest BCUT2D eigenvalue weighted by molar-refractivity contribution is 0.455. The first kappa shape index (κ1) is 24.5. The van der Waals surface area contributed by atoms with Gasteiger partial charge in [0.15, 0.2) is 5.82 Å². The number of thiazole rings is 1. The monoisotopic (exact) mass is 540 g/mol. The Labute approximate surface area is 222 Å². The normalized spacial score (nSPS) is 13.3. The molecule has 0 unspecified atom stereocenters. The van der Waals surface area contributed by atoms with Crippen LogP contribution < -0.4 is 10.4 Å². The number of benzene rings is 2. The van der Waals surface area contributed by atoms with Crippen LogP contribution >= 0.6 is 22.9 Å². The number of fused-ring (bicyclic) bond motifs is 1. The van der Waals surface area contributed by atoms with Crippen molar-refractivity contribution in [2.75, 3.05) is 0 Å². The van der Waals surface area contributed by atoms with E-state index in [1.807, 2.05) is 12.1 Å². The molecule has 3 N–H and O–H groups in total. The van der Waals surface area contributed by atoms with Crippen LogP contribution in [-0.4, -0.2) is 31.8 Å². The van der Waals surface area contributed by atoms with Crippen LogP contribution in [0.15, 0.2) is 73.8 Å². The molecule has 5 rings (SSSR count). The number of nitrogens with zero attached hydrogens (tertiary/aromatic N) is 5. The van der Waals surface area contributed by atoms with E-state index in [4.69, 9.17) is 11.6 Å². The molecule has 2 aromatic heterocycles. The van der Waals surface area contributed by atoms with Gasteiger partial charge in [0.05, 0.1) is 4.88 Å². The zero-order valence-electron chi connectivity index (χ0n) is 19.0. The van der Waals surface area contributed by atoms with Gasteiger partial charge in [-0.05, 0) is 35.9 Å². The highest BCUT2D eigenvalue weighted by Crippen LogP contribution is 2.34. The number of H-pyrrole nitrogens is 1. The summed E-state index contributed by atoms with van der Waals surface area (Å²) < 4.78 is 0.828. The summed E-state index contributed by atoms with van der Waals surface area (Å²) in [6.45, 7) is 0. The average Bonchev–Trinajstić information content (AvgIpc) is 3.10. The van der Waals surface area contributed by atoms with Crippen molar-refractivity contribution in [3.63, 3.8) is 0 Å². The Kier molecular flexibility index (Phi) is 6.23. The summed E-state index contributed by atoms with van der Waals surface area (Å²) in [5.74, 6) is -0.706. The Balaban J connectivity index is 1.88. The molecular formula is C26H13ClN6O4S. The number of pyridine rings is 1. The molecule has 38 heavy (non-hydrogen) atoms. The summed E-state index contributed by atoms with van der Waals surface area (Å²) in [7, 11) is 0. The fourth-order valence-corrected chi connectivity index (χ4v) is 4.70. The second-order valence-electron chi connectivity index (χ2n) is 7.85. The van der Waals surface area contributed by atoms with Crippen LogP contribution in [0.3, 0.4) is 0 Å². The minimum atomic E-state index is -0.841. The minimum absolute atomic E-state index is 0.0416. The molecule has 184 valence electrons. The fraction of sp³-hybridized carbons (Fsp3) is 0. The Bertz CT molecular complexity index is 1920. The number of aliphatic imine (C=N–C) groups is 1. The SMILES string of the molecule is N#Cc1c(-c2ccc(Cl)cc2)c(C#N)c(=O)n2c1N=C/C(=C\c1sc(=O)[nH]c1O)C(c1ccccc1O)=N2. The Morgan fingerprint density at radius 1 is 1.03 bits per heavy atom. The minimum Gasteiger partial charge on any atom is -0.507 e. The topological polar surface area (TPSA) is 168 Å². The standard InChI is InChI=1S/C26H13ClN6O4S/c27-15-7-5-13(6-8-15)21-17(10-28)23-30-12-14(9-20-24(35)31-26(37)38-20)22(16-3-1-2-4-19(16)34)32-33(23)25(36)18(21)11-29/h1-9,12,34-35H,(H,31,37)/b14-9+. The van der Waals surface area contributed by atoms with E-state index in [2.05, 4.69) is 15.1 Å². The second kappa shape index (κ2) is 9.67. The summed E-state index contributed by atoms with van der Waals surface area (Å²) in [4.78, 5) is 31.6. The number of hydrogen-bond acceptors (Lipinski definition) is 9. The molecule has 1 aliphatic heterocycles. The van der Waals surface area contributed by atoms with Crippen LogP contribution in [0.25, 0.3) is 17.2 Å². The number of rotatable bonds is 3. The van der Waals surface area contributed by atoms with Crippen molar-refractivity contribution >= 4 is 46.8 Å². The lowest BCUT2D eigenvalue weighted by Gasteiger charge is -2.13. The highest BCUT2D eigenvalue weighted by Gasteiger charge is 2.26. The van der Waals surface area contributed by atoms with Gasteiger partial charge in [0.2, 0.25) is 5.88 Å². The van der Waals surface area contributed by atoms with Crippen molar-refractivity contribution in [3.05, 3.63) is 101 Å². The van der Waals surface area contributed by atoms with Crippen molar-refractivity contribution in [1.82, 2.24) is 9.66 Å². The molecule has 10 nitrogen and oxygen atoms in total. The number of aromatic hydroxyl groups is 2. The van der Waals surface area contributed by atoms with E-state index < -0.39 is 10.4 Å². The molecule has 0 bridgehead atoms. The largest absolute Gasteiger partial charge is 0.507 e. The quantitative estimate of drug-likeness (QED) is 0.353. The van der Waals surface area contributed by atoms with Gasteiger partial charge in [-0.2, -0.15) is 20.3 Å². The molecule has 0 amide bonds. The van der Waals surface area contributed by atoms with Gasteiger partial charge >= 0.3 is 4.87 Å². The van der Waals surface area contributed by atoms with Crippen LogP contribution in [0.4, 0.5) is 5.82 Å². The van der Waals surface area contributed by atoms with Gasteiger partial charge in [0.1, 0.15) is 34.7 Å². The van der Waals surface area contributed by atoms with Gasteiger partial charge in [-0.15, -0.1) is 0 Å². The molecule has 0 saturated carbocycles. The molecule has 2 aromatic carbocycles. The van der Waals surface area contributed by atoms with Crippen LogP contribution in [0.5, 0.6) is 11.6 Å². The van der Waals surface area contributed by atoms with Crippen LogP contribution in [0.2, 0.25) is 5.02 Å². The molecule has 3 heterocycles. The lowest BCUT2D eigenvalue weighted by Crippen LogP contribution is -2.23. The molecule has 0 spiro atoms. The molecule has 12 heteroatoms. The average molecular weight is 541 g/mol. The Hall–Kier alpha value is -5.23. The zero-order chi connectivity index (χ0) is 27.0. The number of aromatic nitrogens is 2. The van der Waals surface area contributed by atoms with Crippen LogP contribution in [0.1, 0.15) is 21.6 Å². The molecule has 0 radical (unpaired) electrons. The van der Waals surface area contributed by atoms with E-state index in [-0.39, 0.29) is 55.9 Å². The van der Waals surface area contributed by atoms with E-state index in [1.165, 1.54) is 18.4 Å². The number of hydrogen-bond donors (Lipinski definition) is 3. The van der Waals surface area contributed by atoms with Gasteiger partial charge < -0.3 is 10.2 Å². The summed E-state index contributed by atoms with van der Waals surface area (Å²) in [6, 6.07) is 16.4. The van der Waals surface area contributed by atoms with E-state index in [1.54, 1.807) is 42.5 Å². The number of aromatic amines is 1. The van der Waals surface area contributed by atoms with E-state index in [0.29, 0.717) is 10.6 Å². The molecule has 0 saturated heterocycles. The molecule has 1 aliphatic rings. The Morgan fingerprint density at radius 3 is 2.37 bits per heavy atom. The highest BCUT2D eigenvalue weighted by molar-refractivity contribution is 7.10. The first-order valence-electron chi connectivity index (χ1n) is 10.8. The second-order valence-corrected chi connectivity index (χ2v) is 9.30. The number of nitriles is 2. The molecular weight excluding hydrogens is 528 g/mol. The van der Waals surface area contributed by atoms with Gasteiger partial charge in [0.25, 0.3) is 5.56 Å². The number of halogens is 1. The Morgan fingerprint density at radius 2 is 1.74 bits per heavy atom. The van der Waals surface area contributed by atoms with E-state index >= 15 is 0 Å². The van der Waals surface area contributed by atoms with Gasteiger partial charge in [-0.3, -0.25) is 14.6 Å². The van der Waals surface area contributed by atoms with Gasteiger partial charge in [-0.25, -0.2) is 4.99 Å². The maximum absolute atomic E-state index is 13.6. The van der Waals surface area contributed by atoms with Crippen molar-refractivity contribution in [2.45, 2.75) is 0 Å². The van der Waals surface area contributed by atoms with Crippen molar-refractivity contribution in [1.29, 1.82) is 10.5 Å². The maximum atomic E-state index is 13.6. The first-order valence-corrected chi connectivity index (χ1v) is 12.0. The van der Waals surface area contributed by atoms with E-state index in [9.17, 15) is 30.3 Å². The predicted octanol–water partition coefficient (Wildman–Crippen LogP) is 4.12. The van der Waals surface area contributed by atoms with Crippen molar-refractivity contribution < 1.29 is 10.2 Å². The van der Waals surface area contributed by atoms with Gasteiger partial charge in [0, 0.05) is 27.9 Å². The first-order chi connectivity index (χ1) is 18.3. The third kappa shape index (κ3) is 4.18. The number of phenols is 1. The van der Waals surface area contributed by atoms with Crippen LogP contribution in [0, 0.1) is 22.7 Å². The smallest absolute Gasteiger partial charge is 0.307 e. The number of phenolic OH excluding ortho intramolecular Hbond substituents is 1. The van der Waals surface area contributed by atoms with Crippen molar-refractivity contribution in [3.8, 4) is 34.9 Å². The molecule has 0 aliphatic carbocycles. The van der Waals surface area contributed by atoms with Crippen molar-refractivity contribution in [2.24, 2.45) is 10.1 Å². The molecule has 0 fully saturated rings. The van der Waals surface area contributed by atoms with Crippen LogP contribution in [-0.2, 0) is 0 Å². The number of allylic oxidation sites excluding steroid dienone is 1. The number of para-hydroxylation sites is 1. The zero-order valence-corrected chi connectivity index (χ0v) is 20.6. The summed E-state index contributed by atoms with van der Waals surface area (Å²) >= 11 is 6.72. The summed E-state index contributed by atoms with van der Waals surface area (Å²) in [5, 5.41) is 45.6. The third-order valence-corrected chi connectivity index (χ3v) is 6.66. The third-order valence-electron chi connectivity index (χ3n) is 5.59. The molecule has 4 aromatic rings. The summed E-state index contributed by atoms with van der Waals surface area (Å²) in [6.07, 6.45) is 2.70. The summed E-state index contributed by atoms with van der Waals surface area (Å²) in [5.41, 5.74) is -0.334. The maximum Gasteiger partial charge on any atom is 0.307 e. The number of nitrogens with one attached hydrogen (secondary N) is 1. The van der Waals surface area contributed by atoms with E-state index in [0.717, 1.165) is 16.0 Å². The molecule has 0 atom stereocenters.